The van der Waals surface area contributed by atoms with Crippen LogP contribution in [0.2, 0.25) is 0 Å². The molecular weight excluding hydrogens is 292 g/mol. The summed E-state index contributed by atoms with van der Waals surface area (Å²) < 4.78 is 29.9. The fraction of sp³-hybridized carbons (Fsp3) is 0.0714. The number of oxazole rings is 1. The Kier molecular flexibility index (Phi) is 3.06. The van der Waals surface area contributed by atoms with E-state index < -0.39 is 9.84 Å². The van der Waals surface area contributed by atoms with Gasteiger partial charge < -0.3 is 15.3 Å². The number of nitrogen functional groups attached to an aromatic ring is 1. The maximum atomic E-state index is 12.3. The van der Waals surface area contributed by atoms with Gasteiger partial charge >= 0.3 is 5.22 Å². The standard InChI is InChI=1S/C14H12N2O4S/c15-10-3-6-13-12(7-10)16-14(20-13)21(18,19)8-9-1-4-11(17)5-2-9/h1-7,17H,8,15H2. The normalized spacial score (nSPS) is 11.8. The van der Waals surface area contributed by atoms with Crippen LogP contribution in [0.4, 0.5) is 5.69 Å². The van der Waals surface area contributed by atoms with Crippen LogP contribution in [0.5, 0.6) is 5.75 Å². The number of benzene rings is 2. The Morgan fingerprint density at radius 3 is 2.57 bits per heavy atom. The average molecular weight is 304 g/mol. The lowest BCUT2D eigenvalue weighted by molar-refractivity contribution is 0.458. The summed E-state index contributed by atoms with van der Waals surface area (Å²) in [7, 11) is -3.70. The molecule has 0 aliphatic heterocycles. The number of nitrogens with two attached hydrogens (primary N) is 1. The molecule has 0 saturated heterocycles. The Balaban J connectivity index is 1.97. The number of hydrogen-bond acceptors (Lipinski definition) is 6. The van der Waals surface area contributed by atoms with Crippen molar-refractivity contribution in [1.29, 1.82) is 0 Å². The maximum Gasteiger partial charge on any atom is 0.316 e. The molecule has 1 aromatic heterocycles. The zero-order valence-electron chi connectivity index (χ0n) is 10.9. The fourth-order valence-electron chi connectivity index (χ4n) is 1.93. The number of phenols is 1. The molecule has 0 radical (unpaired) electrons. The molecule has 0 fully saturated rings. The molecule has 2 aromatic carbocycles. The van der Waals surface area contributed by atoms with E-state index in [-0.39, 0.29) is 16.7 Å². The summed E-state index contributed by atoms with van der Waals surface area (Å²) >= 11 is 0. The average Bonchev–Trinajstić information content (AvgIpc) is 2.85. The number of hydrogen-bond donors (Lipinski definition) is 2. The van der Waals surface area contributed by atoms with Crippen molar-refractivity contribution >= 4 is 26.6 Å². The quantitative estimate of drug-likeness (QED) is 0.718. The predicted molar refractivity (Wildman–Crippen MR) is 77.4 cm³/mol. The van der Waals surface area contributed by atoms with Crippen molar-refractivity contribution in [2.75, 3.05) is 5.73 Å². The minimum absolute atomic E-state index is 0.0773. The van der Waals surface area contributed by atoms with E-state index in [1.54, 1.807) is 18.2 Å². The van der Waals surface area contributed by atoms with Gasteiger partial charge in [-0.1, -0.05) is 12.1 Å². The summed E-state index contributed by atoms with van der Waals surface area (Å²) in [5, 5.41) is 8.86. The van der Waals surface area contributed by atoms with E-state index >= 15 is 0 Å². The lowest BCUT2D eigenvalue weighted by Crippen LogP contribution is -2.05. The van der Waals surface area contributed by atoms with Crippen LogP contribution in [0, 0.1) is 0 Å². The fourth-order valence-corrected chi connectivity index (χ4v) is 3.14. The summed E-state index contributed by atoms with van der Waals surface area (Å²) in [6, 6.07) is 10.7. The summed E-state index contributed by atoms with van der Waals surface area (Å²) in [4.78, 5) is 3.97. The molecule has 6 nitrogen and oxygen atoms in total. The predicted octanol–water partition coefficient (Wildman–Crippen LogP) is 2.09. The zero-order valence-corrected chi connectivity index (χ0v) is 11.7. The number of rotatable bonds is 3. The van der Waals surface area contributed by atoms with Crippen molar-refractivity contribution in [1.82, 2.24) is 4.98 Å². The van der Waals surface area contributed by atoms with Gasteiger partial charge in [0.25, 0.3) is 0 Å². The molecule has 3 N–H and O–H groups in total. The van der Waals surface area contributed by atoms with Crippen LogP contribution in [0.1, 0.15) is 5.56 Å². The minimum Gasteiger partial charge on any atom is -0.508 e. The van der Waals surface area contributed by atoms with E-state index in [1.165, 1.54) is 24.3 Å². The summed E-state index contributed by atoms with van der Waals surface area (Å²) in [6.07, 6.45) is 0. The summed E-state index contributed by atoms with van der Waals surface area (Å²) in [5.41, 5.74) is 7.42. The van der Waals surface area contributed by atoms with Gasteiger partial charge in [0.15, 0.2) is 5.58 Å². The molecule has 7 heteroatoms. The van der Waals surface area contributed by atoms with Crippen molar-refractivity contribution in [2.45, 2.75) is 11.0 Å². The smallest absolute Gasteiger partial charge is 0.316 e. The van der Waals surface area contributed by atoms with Crippen LogP contribution < -0.4 is 5.73 Å². The Labute approximate surface area is 120 Å². The van der Waals surface area contributed by atoms with Gasteiger partial charge in [-0.3, -0.25) is 0 Å². The number of aromatic hydroxyl groups is 1. The van der Waals surface area contributed by atoms with E-state index in [2.05, 4.69) is 4.98 Å². The third-order valence-electron chi connectivity index (χ3n) is 2.95. The molecule has 0 spiro atoms. The molecule has 3 aromatic rings. The number of phenolic OH excluding ortho intramolecular Hbond substituents is 1. The third kappa shape index (κ3) is 2.68. The highest BCUT2D eigenvalue weighted by Gasteiger charge is 2.22. The molecule has 0 bridgehead atoms. The topological polar surface area (TPSA) is 106 Å². The first-order valence-electron chi connectivity index (χ1n) is 6.11. The molecule has 0 aliphatic rings. The molecule has 1 heterocycles. The number of aromatic nitrogens is 1. The largest absolute Gasteiger partial charge is 0.508 e. The van der Waals surface area contributed by atoms with E-state index in [9.17, 15) is 13.5 Å². The Bertz CT molecular complexity index is 898. The molecule has 21 heavy (non-hydrogen) atoms. The number of fused-ring (bicyclic) bond motifs is 1. The highest BCUT2D eigenvalue weighted by molar-refractivity contribution is 7.90. The van der Waals surface area contributed by atoms with Crippen molar-refractivity contribution in [3.05, 3.63) is 48.0 Å². The zero-order chi connectivity index (χ0) is 15.0. The second kappa shape index (κ2) is 4.78. The molecule has 0 unspecified atom stereocenters. The third-order valence-corrected chi connectivity index (χ3v) is 4.37. The van der Waals surface area contributed by atoms with Crippen molar-refractivity contribution in [3.8, 4) is 5.75 Å². The van der Waals surface area contributed by atoms with Crippen LogP contribution in [-0.2, 0) is 15.6 Å². The van der Waals surface area contributed by atoms with Gasteiger partial charge in [-0.05, 0) is 35.9 Å². The van der Waals surface area contributed by atoms with E-state index in [4.69, 9.17) is 10.2 Å². The first kappa shape index (κ1) is 13.4. The van der Waals surface area contributed by atoms with Crippen molar-refractivity contribution < 1.29 is 17.9 Å². The molecule has 0 saturated carbocycles. The molecule has 0 amide bonds. The van der Waals surface area contributed by atoms with Crippen LogP contribution in [0.3, 0.4) is 0 Å². The molecule has 108 valence electrons. The van der Waals surface area contributed by atoms with Gasteiger partial charge in [-0.15, -0.1) is 0 Å². The van der Waals surface area contributed by atoms with Crippen LogP contribution in [0.25, 0.3) is 11.1 Å². The molecule has 0 atom stereocenters. The summed E-state index contributed by atoms with van der Waals surface area (Å²) in [6.45, 7) is 0. The number of sulfone groups is 1. The van der Waals surface area contributed by atoms with Gasteiger partial charge in [0, 0.05) is 5.69 Å². The van der Waals surface area contributed by atoms with Gasteiger partial charge in [-0.2, -0.15) is 4.98 Å². The molecule has 0 aliphatic carbocycles. The van der Waals surface area contributed by atoms with Crippen molar-refractivity contribution in [2.24, 2.45) is 0 Å². The summed E-state index contributed by atoms with van der Waals surface area (Å²) in [5.74, 6) is -0.177. The van der Waals surface area contributed by atoms with Crippen LogP contribution in [-0.4, -0.2) is 18.5 Å². The Morgan fingerprint density at radius 1 is 1.14 bits per heavy atom. The van der Waals surface area contributed by atoms with E-state index in [0.717, 1.165) is 0 Å². The van der Waals surface area contributed by atoms with Gasteiger partial charge in [0.1, 0.15) is 11.3 Å². The SMILES string of the molecule is Nc1ccc2oc(S(=O)(=O)Cc3ccc(O)cc3)nc2c1. The first-order chi connectivity index (χ1) is 9.94. The molecular formula is C14H12N2O4S. The Morgan fingerprint density at radius 2 is 1.86 bits per heavy atom. The Hall–Kier alpha value is -2.54. The number of nitrogens with zero attached hydrogens (tertiary/aromatic N) is 1. The second-order valence-corrected chi connectivity index (χ2v) is 6.50. The van der Waals surface area contributed by atoms with Crippen LogP contribution in [0.15, 0.2) is 52.1 Å². The van der Waals surface area contributed by atoms with E-state index in [0.29, 0.717) is 22.4 Å². The lowest BCUT2D eigenvalue weighted by atomic mass is 10.2. The van der Waals surface area contributed by atoms with Gasteiger partial charge in [0.05, 0.1) is 5.75 Å². The van der Waals surface area contributed by atoms with Gasteiger partial charge in [-0.25, -0.2) is 8.42 Å². The van der Waals surface area contributed by atoms with Gasteiger partial charge in [0.2, 0.25) is 9.84 Å². The highest BCUT2D eigenvalue weighted by atomic mass is 32.2. The first-order valence-corrected chi connectivity index (χ1v) is 7.76. The molecule has 3 rings (SSSR count). The number of anilines is 1. The monoisotopic (exact) mass is 304 g/mol. The minimum atomic E-state index is -3.70. The maximum absolute atomic E-state index is 12.3. The van der Waals surface area contributed by atoms with Crippen molar-refractivity contribution in [3.63, 3.8) is 0 Å². The van der Waals surface area contributed by atoms with E-state index in [1.807, 2.05) is 0 Å². The van der Waals surface area contributed by atoms with Crippen LogP contribution >= 0.6 is 0 Å². The lowest BCUT2D eigenvalue weighted by Gasteiger charge is -2.00. The highest BCUT2D eigenvalue weighted by Crippen LogP contribution is 2.23. The second-order valence-electron chi connectivity index (χ2n) is 4.63.